The highest BCUT2D eigenvalue weighted by atomic mass is 16.5. The molecule has 0 bridgehead atoms. The first-order valence-corrected chi connectivity index (χ1v) is 6.98. The van der Waals surface area contributed by atoms with E-state index in [9.17, 15) is 9.90 Å². The Bertz CT molecular complexity index is 681. The minimum atomic E-state index is -1.07. The number of ether oxygens (including phenoxy) is 1. The zero-order valence-corrected chi connectivity index (χ0v) is 12.2. The summed E-state index contributed by atoms with van der Waals surface area (Å²) in [7, 11) is 1.57. The topological polar surface area (TPSA) is 102 Å². The van der Waals surface area contributed by atoms with E-state index in [1.54, 1.807) is 31.4 Å². The zero-order valence-electron chi connectivity index (χ0n) is 12.2. The lowest BCUT2D eigenvalue weighted by Gasteiger charge is -2.14. The molecule has 0 amide bonds. The maximum atomic E-state index is 11.7. The number of nitrogens with two attached hydrogens (primary N) is 1. The third-order valence-electron chi connectivity index (χ3n) is 3.76. The molecule has 7 heteroatoms. The first kappa shape index (κ1) is 14.4. The number of carboxylic acid groups (broad SMARTS) is 1. The first-order chi connectivity index (χ1) is 10.6. The lowest BCUT2D eigenvalue weighted by atomic mass is 10.1. The highest BCUT2D eigenvalue weighted by molar-refractivity contribution is 5.99. The van der Waals surface area contributed by atoms with Crippen molar-refractivity contribution in [2.75, 3.05) is 25.1 Å². The van der Waals surface area contributed by atoms with E-state index >= 15 is 0 Å². The molecule has 1 aliphatic heterocycles. The number of hydrogen-bond acceptors (Lipinski definition) is 6. The summed E-state index contributed by atoms with van der Waals surface area (Å²) >= 11 is 0. The van der Waals surface area contributed by atoms with Crippen molar-refractivity contribution in [1.29, 1.82) is 0 Å². The molecule has 3 N–H and O–H groups in total. The average Bonchev–Trinajstić information content (AvgIpc) is 3.13. The van der Waals surface area contributed by atoms with Crippen LogP contribution in [0.2, 0.25) is 0 Å². The summed E-state index contributed by atoms with van der Waals surface area (Å²) in [5.41, 5.74) is 6.59. The summed E-state index contributed by atoms with van der Waals surface area (Å²) in [5.74, 6) is 0.199. The first-order valence-electron chi connectivity index (χ1n) is 6.98. The molecule has 2 aromatic rings. The van der Waals surface area contributed by atoms with E-state index in [0.717, 1.165) is 6.42 Å². The molecule has 1 saturated heterocycles. The van der Waals surface area contributed by atoms with Crippen LogP contribution in [-0.4, -0.2) is 42.5 Å². The summed E-state index contributed by atoms with van der Waals surface area (Å²) < 4.78 is 10.4. The van der Waals surface area contributed by atoms with Gasteiger partial charge >= 0.3 is 5.97 Å². The maximum absolute atomic E-state index is 11.7. The van der Waals surface area contributed by atoms with Crippen molar-refractivity contribution in [2.45, 2.75) is 12.5 Å². The Morgan fingerprint density at radius 2 is 2.18 bits per heavy atom. The molecular formula is C15H17N3O4. The lowest BCUT2D eigenvalue weighted by Crippen LogP contribution is -2.27. The van der Waals surface area contributed by atoms with E-state index in [2.05, 4.69) is 5.16 Å². The molecular weight excluding hydrogens is 286 g/mol. The second kappa shape index (κ2) is 5.69. The van der Waals surface area contributed by atoms with E-state index < -0.39 is 5.97 Å². The summed E-state index contributed by atoms with van der Waals surface area (Å²) in [4.78, 5) is 13.5. The van der Waals surface area contributed by atoms with Gasteiger partial charge in [0.05, 0.1) is 7.11 Å². The molecule has 1 aromatic carbocycles. The number of aromatic nitrogens is 1. The van der Waals surface area contributed by atoms with Crippen molar-refractivity contribution >= 4 is 11.8 Å². The van der Waals surface area contributed by atoms with Crippen LogP contribution >= 0.6 is 0 Å². The minimum Gasteiger partial charge on any atom is -0.497 e. The summed E-state index contributed by atoms with van der Waals surface area (Å²) in [6, 6.07) is 7.00. The number of carboxylic acids is 1. The number of methoxy groups -OCH3 is 1. The highest BCUT2D eigenvalue weighted by Crippen LogP contribution is 2.33. The van der Waals surface area contributed by atoms with Crippen LogP contribution in [0.5, 0.6) is 5.75 Å². The summed E-state index contributed by atoms with van der Waals surface area (Å²) in [6.07, 6.45) is 0.809. The van der Waals surface area contributed by atoms with Crippen molar-refractivity contribution < 1.29 is 19.2 Å². The Morgan fingerprint density at radius 3 is 2.73 bits per heavy atom. The van der Waals surface area contributed by atoms with Gasteiger partial charge in [-0.1, -0.05) is 5.16 Å². The van der Waals surface area contributed by atoms with Crippen LogP contribution in [0, 0.1) is 0 Å². The van der Waals surface area contributed by atoms with Crippen LogP contribution in [0.25, 0.3) is 11.3 Å². The van der Waals surface area contributed by atoms with Gasteiger partial charge in [-0.05, 0) is 30.7 Å². The SMILES string of the molecule is COc1ccc(-c2onc(N3CCC(N)C3)c2C(=O)O)cc1. The molecule has 1 atom stereocenters. The van der Waals surface area contributed by atoms with Crippen molar-refractivity contribution in [1.82, 2.24) is 5.16 Å². The van der Waals surface area contributed by atoms with Crippen LogP contribution in [0.15, 0.2) is 28.8 Å². The Hall–Kier alpha value is -2.54. The standard InChI is InChI=1S/C15H17N3O4/c1-21-11-4-2-9(3-5-11)13-12(15(19)20)14(17-22-13)18-7-6-10(16)8-18/h2-5,10H,6-8,16H2,1H3,(H,19,20). The predicted octanol–water partition coefficient (Wildman–Crippen LogP) is 1.59. The molecule has 1 unspecified atom stereocenters. The van der Waals surface area contributed by atoms with Gasteiger partial charge in [0.1, 0.15) is 5.75 Å². The van der Waals surface area contributed by atoms with Crippen LogP contribution < -0.4 is 15.4 Å². The maximum Gasteiger partial charge on any atom is 0.343 e. The van der Waals surface area contributed by atoms with Gasteiger partial charge in [-0.2, -0.15) is 0 Å². The van der Waals surface area contributed by atoms with E-state index in [1.165, 1.54) is 0 Å². The Balaban J connectivity index is 2.01. The highest BCUT2D eigenvalue weighted by Gasteiger charge is 2.30. The molecule has 2 heterocycles. The van der Waals surface area contributed by atoms with Gasteiger partial charge in [0.15, 0.2) is 17.1 Å². The van der Waals surface area contributed by atoms with Crippen molar-refractivity contribution in [3.8, 4) is 17.1 Å². The fourth-order valence-corrected chi connectivity index (χ4v) is 2.61. The second-order valence-electron chi connectivity index (χ2n) is 5.24. The van der Waals surface area contributed by atoms with Crippen LogP contribution in [-0.2, 0) is 0 Å². The summed E-state index contributed by atoms with van der Waals surface area (Å²) in [5, 5.41) is 13.5. The van der Waals surface area contributed by atoms with Gasteiger partial charge in [-0.25, -0.2) is 4.79 Å². The van der Waals surface area contributed by atoms with Crippen molar-refractivity contribution in [2.24, 2.45) is 5.73 Å². The molecule has 1 aliphatic rings. The van der Waals surface area contributed by atoms with Crippen molar-refractivity contribution in [3.63, 3.8) is 0 Å². The van der Waals surface area contributed by atoms with Gasteiger partial charge in [0.2, 0.25) is 0 Å². The zero-order chi connectivity index (χ0) is 15.7. The fourth-order valence-electron chi connectivity index (χ4n) is 2.61. The van der Waals surface area contributed by atoms with Gasteiger partial charge < -0.3 is 25.0 Å². The van der Waals surface area contributed by atoms with Crippen LogP contribution in [0.1, 0.15) is 16.8 Å². The number of benzene rings is 1. The smallest absolute Gasteiger partial charge is 0.343 e. The summed E-state index contributed by atoms with van der Waals surface area (Å²) in [6.45, 7) is 1.25. The average molecular weight is 303 g/mol. The minimum absolute atomic E-state index is 0.0304. The molecule has 22 heavy (non-hydrogen) atoms. The van der Waals surface area contributed by atoms with E-state index in [4.69, 9.17) is 15.0 Å². The number of hydrogen-bond donors (Lipinski definition) is 2. The Morgan fingerprint density at radius 1 is 1.45 bits per heavy atom. The van der Waals surface area contributed by atoms with Crippen molar-refractivity contribution in [3.05, 3.63) is 29.8 Å². The number of aromatic carboxylic acids is 1. The molecule has 0 spiro atoms. The molecule has 0 aliphatic carbocycles. The van der Waals surface area contributed by atoms with E-state index in [1.807, 2.05) is 4.90 Å². The van der Waals surface area contributed by atoms with E-state index in [-0.39, 0.29) is 17.4 Å². The third-order valence-corrected chi connectivity index (χ3v) is 3.76. The molecule has 7 nitrogen and oxygen atoms in total. The van der Waals surface area contributed by atoms with E-state index in [0.29, 0.717) is 30.2 Å². The monoisotopic (exact) mass is 303 g/mol. The van der Waals surface area contributed by atoms with Gasteiger partial charge in [0.25, 0.3) is 0 Å². The number of nitrogens with zero attached hydrogens (tertiary/aromatic N) is 2. The van der Waals surface area contributed by atoms with Gasteiger partial charge in [-0.3, -0.25) is 0 Å². The number of rotatable bonds is 4. The molecule has 3 rings (SSSR count). The molecule has 0 saturated carbocycles. The molecule has 0 radical (unpaired) electrons. The van der Waals surface area contributed by atoms with Crippen LogP contribution in [0.4, 0.5) is 5.82 Å². The Labute approximate surface area is 127 Å². The molecule has 116 valence electrons. The largest absolute Gasteiger partial charge is 0.497 e. The molecule has 1 fully saturated rings. The quantitative estimate of drug-likeness (QED) is 0.884. The lowest BCUT2D eigenvalue weighted by molar-refractivity contribution is 0.0698. The third kappa shape index (κ3) is 2.50. The normalized spacial score (nSPS) is 17.7. The predicted molar refractivity (Wildman–Crippen MR) is 80.3 cm³/mol. The fraction of sp³-hybridized carbons (Fsp3) is 0.333. The second-order valence-corrected chi connectivity index (χ2v) is 5.24. The number of anilines is 1. The molecule has 1 aromatic heterocycles. The Kier molecular flexibility index (Phi) is 3.72. The van der Waals surface area contributed by atoms with Gasteiger partial charge in [0, 0.05) is 24.7 Å². The van der Waals surface area contributed by atoms with Crippen LogP contribution in [0.3, 0.4) is 0 Å². The number of carbonyl (C=O) groups is 1. The van der Waals surface area contributed by atoms with Gasteiger partial charge in [-0.15, -0.1) is 0 Å².